The number of nitrogens with one attached hydrogen (secondary N) is 1. The van der Waals surface area contributed by atoms with Crippen LogP contribution in [-0.2, 0) is 10.0 Å². The van der Waals surface area contributed by atoms with Crippen molar-refractivity contribution in [3.63, 3.8) is 0 Å². The zero-order valence-corrected chi connectivity index (χ0v) is 21.1. The van der Waals surface area contributed by atoms with Crippen LogP contribution in [0.4, 0.5) is 10.5 Å². The molecule has 0 saturated carbocycles. The van der Waals surface area contributed by atoms with Crippen molar-refractivity contribution in [2.45, 2.75) is 18.7 Å². The number of hydrogen-bond donors (Lipinski definition) is 1. The number of methoxy groups -OCH3 is 2. The van der Waals surface area contributed by atoms with Gasteiger partial charge in [0.1, 0.15) is 0 Å². The van der Waals surface area contributed by atoms with E-state index in [1.807, 2.05) is 6.07 Å². The first-order valence-electron chi connectivity index (χ1n) is 11.4. The molecule has 186 valence electrons. The number of sulfonamides is 1. The third-order valence-corrected chi connectivity index (χ3v) is 7.82. The van der Waals surface area contributed by atoms with Crippen molar-refractivity contribution < 1.29 is 22.7 Å². The van der Waals surface area contributed by atoms with Crippen LogP contribution in [0.25, 0.3) is 0 Å². The molecule has 3 rings (SSSR count). The smallest absolute Gasteiger partial charge is 0.317 e. The van der Waals surface area contributed by atoms with Crippen LogP contribution in [0.1, 0.15) is 12.5 Å². The highest BCUT2D eigenvalue weighted by Gasteiger charge is 2.30. The Morgan fingerprint density at radius 1 is 1.03 bits per heavy atom. The number of nitrogens with zero attached hydrogens (tertiary/aromatic N) is 3. The Kier molecular flexibility index (Phi) is 8.62. The lowest BCUT2D eigenvalue weighted by molar-refractivity contribution is 0.172. The number of ether oxygens (including phenoxy) is 2. The van der Waals surface area contributed by atoms with Crippen LogP contribution in [0.15, 0.2) is 47.4 Å². The molecule has 34 heavy (non-hydrogen) atoms. The van der Waals surface area contributed by atoms with Crippen LogP contribution in [0, 0.1) is 6.92 Å². The summed E-state index contributed by atoms with van der Waals surface area (Å²) >= 11 is 0. The number of benzene rings is 2. The monoisotopic (exact) mass is 490 g/mol. The summed E-state index contributed by atoms with van der Waals surface area (Å²) in [6, 6.07) is 12.6. The number of aryl methyl sites for hydroxylation is 1. The zero-order valence-electron chi connectivity index (χ0n) is 20.3. The van der Waals surface area contributed by atoms with E-state index in [2.05, 4.69) is 42.3 Å². The van der Waals surface area contributed by atoms with Gasteiger partial charge in [0.05, 0.1) is 19.1 Å². The molecule has 1 heterocycles. The molecule has 1 N–H and O–H groups in total. The average Bonchev–Trinajstić information content (AvgIpc) is 2.86. The van der Waals surface area contributed by atoms with Gasteiger partial charge in [0, 0.05) is 57.6 Å². The van der Waals surface area contributed by atoms with Crippen molar-refractivity contribution in [2.24, 2.45) is 0 Å². The molecule has 10 heteroatoms. The second-order valence-corrected chi connectivity index (χ2v) is 10.00. The Bertz CT molecular complexity index is 1080. The molecule has 1 aliphatic heterocycles. The number of carbonyl (C=O) groups is 1. The van der Waals surface area contributed by atoms with Gasteiger partial charge in [0.2, 0.25) is 10.0 Å². The molecule has 9 nitrogen and oxygen atoms in total. The normalized spacial score (nSPS) is 14.5. The highest BCUT2D eigenvalue weighted by atomic mass is 32.2. The third kappa shape index (κ3) is 5.92. The Morgan fingerprint density at radius 2 is 1.74 bits per heavy atom. The van der Waals surface area contributed by atoms with E-state index in [0.29, 0.717) is 37.7 Å². The van der Waals surface area contributed by atoms with Crippen LogP contribution in [-0.4, -0.2) is 83.7 Å². The molecule has 2 amide bonds. The van der Waals surface area contributed by atoms with Crippen molar-refractivity contribution in [3.05, 3.63) is 48.0 Å². The van der Waals surface area contributed by atoms with Gasteiger partial charge in [0.25, 0.3) is 0 Å². The van der Waals surface area contributed by atoms with Gasteiger partial charge in [-0.25, -0.2) is 13.2 Å². The first-order valence-corrected chi connectivity index (χ1v) is 12.8. The quantitative estimate of drug-likeness (QED) is 0.581. The molecule has 1 aliphatic rings. The molecule has 0 aliphatic carbocycles. The van der Waals surface area contributed by atoms with Gasteiger partial charge in [-0.1, -0.05) is 12.1 Å². The van der Waals surface area contributed by atoms with Crippen LogP contribution in [0.2, 0.25) is 0 Å². The van der Waals surface area contributed by atoms with E-state index in [1.54, 1.807) is 11.0 Å². The maximum absolute atomic E-state index is 13.1. The minimum atomic E-state index is -3.70. The lowest BCUT2D eigenvalue weighted by Gasteiger charge is -2.34. The summed E-state index contributed by atoms with van der Waals surface area (Å²) in [7, 11) is -0.739. The van der Waals surface area contributed by atoms with Gasteiger partial charge in [-0.15, -0.1) is 0 Å². The first-order chi connectivity index (χ1) is 16.3. The Labute approximate surface area is 202 Å². The number of piperazine rings is 1. The SMILES string of the molecule is CCN(CCNC(=O)N1CCN(S(=O)(=O)c2ccc(OC)c(OC)c2)CC1)c1cccc(C)c1. The summed E-state index contributed by atoms with van der Waals surface area (Å²) in [5.41, 5.74) is 2.33. The fraction of sp³-hybridized carbons (Fsp3) is 0.458. The number of hydrogen-bond acceptors (Lipinski definition) is 6. The molecule has 0 atom stereocenters. The van der Waals surface area contributed by atoms with Gasteiger partial charge in [-0.05, 0) is 43.7 Å². The van der Waals surface area contributed by atoms with Gasteiger partial charge in [0.15, 0.2) is 11.5 Å². The molecule has 2 aromatic rings. The van der Waals surface area contributed by atoms with Crippen molar-refractivity contribution in [1.82, 2.24) is 14.5 Å². The minimum Gasteiger partial charge on any atom is -0.493 e. The average molecular weight is 491 g/mol. The number of urea groups is 1. The summed E-state index contributed by atoms with van der Waals surface area (Å²) in [5.74, 6) is 0.820. The molecule has 2 aromatic carbocycles. The largest absolute Gasteiger partial charge is 0.493 e. The van der Waals surface area contributed by atoms with Crippen molar-refractivity contribution in [2.75, 3.05) is 64.9 Å². The van der Waals surface area contributed by atoms with Crippen LogP contribution < -0.4 is 19.7 Å². The highest BCUT2D eigenvalue weighted by Crippen LogP contribution is 2.30. The van der Waals surface area contributed by atoms with Crippen LogP contribution in [0.5, 0.6) is 11.5 Å². The van der Waals surface area contributed by atoms with Crippen molar-refractivity contribution in [1.29, 1.82) is 0 Å². The summed E-state index contributed by atoms with van der Waals surface area (Å²) in [6.45, 7) is 7.30. The Hall–Kier alpha value is -2.98. The molecular weight excluding hydrogens is 456 g/mol. The van der Waals surface area contributed by atoms with Gasteiger partial charge in [-0.2, -0.15) is 4.31 Å². The van der Waals surface area contributed by atoms with Crippen LogP contribution >= 0.6 is 0 Å². The van der Waals surface area contributed by atoms with Crippen molar-refractivity contribution in [3.8, 4) is 11.5 Å². The first kappa shape index (κ1) is 25.6. The fourth-order valence-corrected chi connectivity index (χ4v) is 5.40. The summed E-state index contributed by atoms with van der Waals surface area (Å²) in [5, 5.41) is 2.96. The van der Waals surface area contributed by atoms with E-state index in [4.69, 9.17) is 9.47 Å². The van der Waals surface area contributed by atoms with E-state index in [-0.39, 0.29) is 24.0 Å². The maximum Gasteiger partial charge on any atom is 0.317 e. The molecule has 1 saturated heterocycles. The van der Waals surface area contributed by atoms with E-state index in [1.165, 1.54) is 36.2 Å². The standard InChI is InChI=1S/C24H34N4O5S/c1-5-26(20-8-6-7-19(2)17-20)12-11-25-24(29)27-13-15-28(16-14-27)34(30,31)21-9-10-22(32-3)23(18-21)33-4/h6-10,17-18H,5,11-16H2,1-4H3,(H,25,29). The third-order valence-electron chi connectivity index (χ3n) is 5.93. The van der Waals surface area contributed by atoms with E-state index in [9.17, 15) is 13.2 Å². The predicted octanol–water partition coefficient (Wildman–Crippen LogP) is 2.55. The summed E-state index contributed by atoms with van der Waals surface area (Å²) < 4.78 is 38.0. The Balaban J connectivity index is 1.52. The predicted molar refractivity (Wildman–Crippen MR) is 132 cm³/mol. The van der Waals surface area contributed by atoms with Crippen LogP contribution in [0.3, 0.4) is 0 Å². The lowest BCUT2D eigenvalue weighted by atomic mass is 10.2. The fourth-order valence-electron chi connectivity index (χ4n) is 3.96. The minimum absolute atomic E-state index is 0.138. The van der Waals surface area contributed by atoms with E-state index < -0.39 is 10.0 Å². The molecule has 0 unspecified atom stereocenters. The topological polar surface area (TPSA) is 91.4 Å². The number of anilines is 1. The zero-order chi connectivity index (χ0) is 24.7. The molecule has 0 bridgehead atoms. The highest BCUT2D eigenvalue weighted by molar-refractivity contribution is 7.89. The van der Waals surface area contributed by atoms with E-state index >= 15 is 0 Å². The summed E-state index contributed by atoms with van der Waals surface area (Å²) in [4.78, 5) is 16.6. The molecule has 0 spiro atoms. The lowest BCUT2D eigenvalue weighted by Crippen LogP contribution is -2.53. The summed E-state index contributed by atoms with van der Waals surface area (Å²) in [6.07, 6.45) is 0. The number of rotatable bonds is 9. The van der Waals surface area contributed by atoms with E-state index in [0.717, 1.165) is 12.2 Å². The Morgan fingerprint density at radius 3 is 2.35 bits per heavy atom. The molecule has 0 aromatic heterocycles. The molecule has 1 fully saturated rings. The van der Waals surface area contributed by atoms with Gasteiger partial charge < -0.3 is 24.6 Å². The molecular formula is C24H34N4O5S. The second-order valence-electron chi connectivity index (χ2n) is 8.06. The van der Waals surface area contributed by atoms with Crippen molar-refractivity contribution >= 4 is 21.7 Å². The number of likely N-dealkylation sites (N-methyl/N-ethyl adjacent to an activating group) is 1. The van der Waals surface area contributed by atoms with Gasteiger partial charge >= 0.3 is 6.03 Å². The second kappa shape index (κ2) is 11.4. The van der Waals surface area contributed by atoms with Gasteiger partial charge in [-0.3, -0.25) is 0 Å². The molecule has 0 radical (unpaired) electrons. The maximum atomic E-state index is 13.1. The number of carbonyl (C=O) groups excluding carboxylic acids is 1. The number of amides is 2.